The van der Waals surface area contributed by atoms with Crippen LogP contribution < -0.4 is 13.7 Å². The first kappa shape index (κ1) is 22.0. The molecule has 1 aromatic rings. The molecular weight excluding hydrogens is 413 g/mol. The Morgan fingerprint density at radius 1 is 1.24 bits per heavy atom. The van der Waals surface area contributed by atoms with Crippen LogP contribution in [0.1, 0.15) is 51.5 Å². The van der Waals surface area contributed by atoms with Crippen molar-refractivity contribution in [1.29, 1.82) is 0 Å². The molecule has 1 heterocycles. The molecule has 0 N–H and O–H groups in total. The van der Waals surface area contributed by atoms with Crippen molar-refractivity contribution in [3.8, 4) is 17.2 Å². The van der Waals surface area contributed by atoms with Crippen LogP contribution in [-0.2, 0) is 14.9 Å². The van der Waals surface area contributed by atoms with Gasteiger partial charge in [-0.25, -0.2) is 0 Å². The zero-order valence-electron chi connectivity index (χ0n) is 16.7. The number of benzene rings is 1. The summed E-state index contributed by atoms with van der Waals surface area (Å²) in [6.45, 7) is 5.86. The Balaban J connectivity index is 2.09. The third-order valence-corrected chi connectivity index (χ3v) is 6.63. The summed E-state index contributed by atoms with van der Waals surface area (Å²) in [5, 5.41) is 0. The van der Waals surface area contributed by atoms with Crippen LogP contribution in [0.2, 0.25) is 0 Å². The van der Waals surface area contributed by atoms with Crippen LogP contribution in [0.5, 0.6) is 17.2 Å². The molecule has 3 atom stereocenters. The summed E-state index contributed by atoms with van der Waals surface area (Å²) < 4.78 is 82.1. The average Bonchev–Trinajstić information content (AvgIpc) is 2.57. The number of halogens is 3. The van der Waals surface area contributed by atoms with Gasteiger partial charge in [0.2, 0.25) is 0 Å². The summed E-state index contributed by atoms with van der Waals surface area (Å²) in [7, 11) is -4.41. The van der Waals surface area contributed by atoms with Crippen LogP contribution in [0.3, 0.4) is 0 Å². The van der Waals surface area contributed by atoms with Crippen molar-refractivity contribution in [3.05, 3.63) is 17.7 Å². The molecule has 0 unspecified atom stereocenters. The van der Waals surface area contributed by atoms with Crippen LogP contribution >= 0.6 is 0 Å². The molecule has 1 saturated carbocycles. The Morgan fingerprint density at radius 3 is 2.55 bits per heavy atom. The molecule has 2 aliphatic rings. The highest BCUT2D eigenvalue weighted by molar-refractivity contribution is 7.88. The molecule has 164 valence electrons. The van der Waals surface area contributed by atoms with Gasteiger partial charge in [-0.1, -0.05) is 13.3 Å². The predicted molar refractivity (Wildman–Crippen MR) is 98.5 cm³/mol. The maximum atomic E-state index is 12.8. The Labute approximate surface area is 168 Å². The highest BCUT2D eigenvalue weighted by Crippen LogP contribution is 2.56. The molecule has 0 amide bonds. The van der Waals surface area contributed by atoms with E-state index in [9.17, 15) is 21.6 Å². The Bertz CT molecular complexity index is 865. The zero-order valence-corrected chi connectivity index (χ0v) is 17.5. The van der Waals surface area contributed by atoms with E-state index >= 15 is 0 Å². The second kappa shape index (κ2) is 7.54. The van der Waals surface area contributed by atoms with E-state index in [1.165, 1.54) is 13.2 Å². The number of methoxy groups -OCH3 is 1. The standard InChI is InChI=1S/C19H25F3O6S/c1-11-5-6-14-13(7-11)17-15(26-10-25-4)8-12(9-16(17)27-18(14,2)3)28-29(23,24)19(20,21)22/h8-9,11,13-14H,5-7,10H2,1-4H3/t11-,13-,14-/m0/s1. The van der Waals surface area contributed by atoms with E-state index in [-0.39, 0.29) is 30.1 Å². The minimum atomic E-state index is -5.82. The molecule has 1 aromatic carbocycles. The maximum absolute atomic E-state index is 12.8. The molecule has 6 nitrogen and oxygen atoms in total. The summed E-state index contributed by atoms with van der Waals surface area (Å²) in [6, 6.07) is 2.34. The molecular formula is C19H25F3O6S. The zero-order chi connectivity index (χ0) is 21.6. The number of hydrogen-bond donors (Lipinski definition) is 0. The fraction of sp³-hybridized carbons (Fsp3) is 0.684. The number of rotatable bonds is 5. The van der Waals surface area contributed by atoms with Gasteiger partial charge in [0, 0.05) is 30.7 Å². The van der Waals surface area contributed by atoms with Crippen LogP contribution in [0.25, 0.3) is 0 Å². The first-order valence-corrected chi connectivity index (χ1v) is 10.8. The van der Waals surface area contributed by atoms with E-state index < -0.39 is 27.0 Å². The third kappa shape index (κ3) is 4.28. The minimum Gasteiger partial charge on any atom is -0.487 e. The number of alkyl halides is 3. The van der Waals surface area contributed by atoms with Crippen molar-refractivity contribution in [1.82, 2.24) is 0 Å². The summed E-state index contributed by atoms with van der Waals surface area (Å²) >= 11 is 0. The second-order valence-corrected chi connectivity index (χ2v) is 9.74. The van der Waals surface area contributed by atoms with Gasteiger partial charge in [0.05, 0.1) is 0 Å². The summed E-state index contributed by atoms with van der Waals surface area (Å²) in [6.07, 6.45) is 2.88. The largest absolute Gasteiger partial charge is 0.534 e. The molecule has 1 aliphatic heterocycles. The lowest BCUT2D eigenvalue weighted by molar-refractivity contribution is -0.0501. The molecule has 0 radical (unpaired) electrons. The Hall–Kier alpha value is -1.68. The molecule has 10 heteroatoms. The maximum Gasteiger partial charge on any atom is 0.534 e. The molecule has 1 aliphatic carbocycles. The van der Waals surface area contributed by atoms with Gasteiger partial charge in [-0.3, -0.25) is 0 Å². The Kier molecular flexibility index (Phi) is 5.72. The van der Waals surface area contributed by atoms with Crippen molar-refractivity contribution < 1.29 is 40.0 Å². The lowest BCUT2D eigenvalue weighted by Crippen LogP contribution is -2.46. The van der Waals surface area contributed by atoms with Crippen molar-refractivity contribution in [2.24, 2.45) is 11.8 Å². The van der Waals surface area contributed by atoms with Gasteiger partial charge in [-0.15, -0.1) is 0 Å². The SMILES string of the molecule is COCOc1cc(OS(=O)(=O)C(F)(F)F)cc2c1[C@H]1C[C@@H](C)CC[C@@H]1C(C)(C)O2. The summed E-state index contributed by atoms with van der Waals surface area (Å²) in [5.41, 5.74) is -5.40. The summed E-state index contributed by atoms with van der Waals surface area (Å²) in [4.78, 5) is 0. The van der Waals surface area contributed by atoms with E-state index in [2.05, 4.69) is 11.1 Å². The Morgan fingerprint density at radius 2 is 1.93 bits per heavy atom. The molecule has 0 bridgehead atoms. The highest BCUT2D eigenvalue weighted by Gasteiger charge is 2.50. The number of ether oxygens (including phenoxy) is 3. The first-order valence-electron chi connectivity index (χ1n) is 9.35. The molecule has 0 spiro atoms. The smallest absolute Gasteiger partial charge is 0.487 e. The van der Waals surface area contributed by atoms with Crippen molar-refractivity contribution in [3.63, 3.8) is 0 Å². The third-order valence-electron chi connectivity index (χ3n) is 5.65. The fourth-order valence-electron chi connectivity index (χ4n) is 4.38. The lowest BCUT2D eigenvalue weighted by atomic mass is 9.64. The van der Waals surface area contributed by atoms with Crippen molar-refractivity contribution in [2.45, 2.75) is 57.1 Å². The van der Waals surface area contributed by atoms with Crippen LogP contribution in [0, 0.1) is 11.8 Å². The van der Waals surface area contributed by atoms with E-state index in [0.717, 1.165) is 30.9 Å². The number of fused-ring (bicyclic) bond motifs is 3. The highest BCUT2D eigenvalue weighted by atomic mass is 32.2. The fourth-order valence-corrected chi connectivity index (χ4v) is 4.83. The molecule has 0 aromatic heterocycles. The molecule has 29 heavy (non-hydrogen) atoms. The van der Waals surface area contributed by atoms with E-state index in [0.29, 0.717) is 5.92 Å². The normalized spacial score (nSPS) is 26.1. The average molecular weight is 438 g/mol. The predicted octanol–water partition coefficient (Wildman–Crippen LogP) is 4.59. The summed E-state index contributed by atoms with van der Waals surface area (Å²) in [5.74, 6) is 0.683. The second-order valence-electron chi connectivity index (χ2n) is 8.20. The first-order chi connectivity index (χ1) is 13.4. The van der Waals surface area contributed by atoms with Gasteiger partial charge < -0.3 is 18.4 Å². The van der Waals surface area contributed by atoms with Crippen molar-refractivity contribution >= 4 is 10.1 Å². The van der Waals surface area contributed by atoms with Gasteiger partial charge >= 0.3 is 15.6 Å². The minimum absolute atomic E-state index is 0.0672. The van der Waals surface area contributed by atoms with Gasteiger partial charge in [0.1, 0.15) is 22.8 Å². The topological polar surface area (TPSA) is 71.1 Å². The van der Waals surface area contributed by atoms with Crippen LogP contribution in [0.4, 0.5) is 13.2 Å². The molecule has 1 fully saturated rings. The van der Waals surface area contributed by atoms with E-state index in [1.807, 2.05) is 13.8 Å². The van der Waals surface area contributed by atoms with Gasteiger partial charge in [0.25, 0.3) is 0 Å². The van der Waals surface area contributed by atoms with Gasteiger partial charge in [-0.2, -0.15) is 21.6 Å². The molecule has 0 saturated heterocycles. The lowest BCUT2D eigenvalue weighted by Gasteiger charge is -2.49. The van der Waals surface area contributed by atoms with Gasteiger partial charge in [0.15, 0.2) is 6.79 Å². The van der Waals surface area contributed by atoms with E-state index in [1.54, 1.807) is 0 Å². The van der Waals surface area contributed by atoms with Crippen molar-refractivity contribution in [2.75, 3.05) is 13.9 Å². The van der Waals surface area contributed by atoms with Gasteiger partial charge in [-0.05, 0) is 38.5 Å². The number of hydrogen-bond acceptors (Lipinski definition) is 6. The van der Waals surface area contributed by atoms with E-state index in [4.69, 9.17) is 14.2 Å². The van der Waals surface area contributed by atoms with Crippen LogP contribution in [0.15, 0.2) is 12.1 Å². The quantitative estimate of drug-likeness (QED) is 0.381. The van der Waals surface area contributed by atoms with Crippen LogP contribution in [-0.4, -0.2) is 33.4 Å². The molecule has 3 rings (SSSR count). The monoisotopic (exact) mass is 438 g/mol.